The van der Waals surface area contributed by atoms with Crippen LogP contribution < -0.4 is 5.56 Å². The Morgan fingerprint density at radius 3 is 2.71 bits per heavy atom. The van der Waals surface area contributed by atoms with E-state index in [-0.39, 0.29) is 17.1 Å². The van der Waals surface area contributed by atoms with Crippen LogP contribution in [0.4, 0.5) is 8.78 Å². The summed E-state index contributed by atoms with van der Waals surface area (Å²) in [5.74, 6) is -0.222. The maximum Gasteiger partial charge on any atom is 0.266 e. The van der Waals surface area contributed by atoms with E-state index in [1.807, 2.05) is 0 Å². The van der Waals surface area contributed by atoms with Gasteiger partial charge in [-0.15, -0.1) is 11.6 Å². The van der Waals surface area contributed by atoms with E-state index < -0.39 is 17.5 Å². The monoisotopic (exact) mass is 218 g/mol. The van der Waals surface area contributed by atoms with E-state index in [2.05, 4.69) is 4.98 Å². The van der Waals surface area contributed by atoms with Gasteiger partial charge in [-0.3, -0.25) is 4.79 Å². The minimum absolute atomic E-state index is 0.0503. The molecule has 0 aliphatic rings. The Morgan fingerprint density at radius 1 is 1.64 bits per heavy atom. The van der Waals surface area contributed by atoms with Crippen molar-refractivity contribution in [3.05, 3.63) is 33.2 Å². The first-order valence-electron chi connectivity index (χ1n) is 3.60. The summed E-state index contributed by atoms with van der Waals surface area (Å²) in [5, 5.41) is 8.44. The molecule has 0 fully saturated rings. The molecule has 1 aromatic heterocycles. The molecule has 1 rings (SSSR count). The van der Waals surface area contributed by atoms with Gasteiger partial charge in [-0.05, 0) is 6.07 Å². The molecule has 0 spiro atoms. The van der Waals surface area contributed by atoms with Crippen LogP contribution in [0.1, 0.15) is 23.2 Å². The second-order valence-corrected chi connectivity index (χ2v) is 2.76. The van der Waals surface area contributed by atoms with Crippen molar-refractivity contribution in [2.75, 3.05) is 0 Å². The molecule has 3 nitrogen and oxygen atoms in total. The van der Waals surface area contributed by atoms with Gasteiger partial charge in [-0.25, -0.2) is 8.78 Å². The Balaban J connectivity index is 3.42. The molecule has 0 amide bonds. The van der Waals surface area contributed by atoms with E-state index in [4.69, 9.17) is 16.9 Å². The Labute approximate surface area is 82.9 Å². The molecule has 14 heavy (non-hydrogen) atoms. The summed E-state index contributed by atoms with van der Waals surface area (Å²) >= 11 is 5.36. The number of hydrogen-bond acceptors (Lipinski definition) is 2. The average molecular weight is 219 g/mol. The van der Waals surface area contributed by atoms with Crippen LogP contribution in [0.5, 0.6) is 0 Å². The van der Waals surface area contributed by atoms with Crippen LogP contribution >= 0.6 is 11.6 Å². The number of nitriles is 1. The van der Waals surface area contributed by atoms with Crippen molar-refractivity contribution >= 4 is 11.6 Å². The summed E-state index contributed by atoms with van der Waals surface area (Å²) in [6.07, 6.45) is -2.76. The smallest absolute Gasteiger partial charge is 0.266 e. The highest BCUT2D eigenvalue weighted by atomic mass is 35.5. The Kier molecular flexibility index (Phi) is 3.20. The molecule has 0 atom stereocenters. The third-order valence-electron chi connectivity index (χ3n) is 1.65. The first-order chi connectivity index (χ1) is 6.60. The van der Waals surface area contributed by atoms with Gasteiger partial charge in [0.05, 0.1) is 5.88 Å². The predicted molar refractivity (Wildman–Crippen MR) is 46.3 cm³/mol. The zero-order valence-electron chi connectivity index (χ0n) is 6.85. The molecule has 0 radical (unpaired) electrons. The van der Waals surface area contributed by atoms with Crippen molar-refractivity contribution < 1.29 is 8.78 Å². The maximum atomic E-state index is 12.4. The highest BCUT2D eigenvalue weighted by Crippen LogP contribution is 2.22. The molecular formula is C8H5ClF2N2O. The lowest BCUT2D eigenvalue weighted by Gasteiger charge is -2.05. The van der Waals surface area contributed by atoms with Gasteiger partial charge in [0, 0.05) is 11.3 Å². The zero-order valence-corrected chi connectivity index (χ0v) is 7.61. The SMILES string of the molecule is N#Cc1cc(C(F)F)c(CCl)[nH]c1=O. The highest BCUT2D eigenvalue weighted by Gasteiger charge is 2.15. The third kappa shape index (κ3) is 1.91. The summed E-state index contributed by atoms with van der Waals surface area (Å²) in [7, 11) is 0. The summed E-state index contributed by atoms with van der Waals surface area (Å²) in [4.78, 5) is 13.2. The number of halogens is 3. The number of alkyl halides is 3. The quantitative estimate of drug-likeness (QED) is 0.771. The van der Waals surface area contributed by atoms with Crippen LogP contribution in [-0.2, 0) is 5.88 Å². The molecular weight excluding hydrogens is 214 g/mol. The number of rotatable bonds is 2. The number of aromatic nitrogens is 1. The second-order valence-electron chi connectivity index (χ2n) is 2.49. The molecule has 0 saturated carbocycles. The molecule has 6 heteroatoms. The highest BCUT2D eigenvalue weighted by molar-refractivity contribution is 6.17. The van der Waals surface area contributed by atoms with Crippen molar-refractivity contribution in [3.63, 3.8) is 0 Å². The normalized spacial score (nSPS) is 10.2. The van der Waals surface area contributed by atoms with Crippen molar-refractivity contribution in [2.24, 2.45) is 0 Å². The van der Waals surface area contributed by atoms with Gasteiger partial charge < -0.3 is 4.98 Å². The standard InChI is InChI=1S/C8H5ClF2N2O/c9-2-6-5(7(10)11)1-4(3-12)8(14)13-6/h1,7H,2H2,(H,13,14). The molecule has 0 saturated heterocycles. The van der Waals surface area contributed by atoms with Crippen molar-refractivity contribution in [3.8, 4) is 6.07 Å². The van der Waals surface area contributed by atoms with Gasteiger partial charge in [-0.1, -0.05) is 0 Å². The molecule has 1 N–H and O–H groups in total. The first kappa shape index (κ1) is 10.7. The molecule has 1 aromatic rings. The van der Waals surface area contributed by atoms with Gasteiger partial charge in [0.15, 0.2) is 0 Å². The van der Waals surface area contributed by atoms with Crippen LogP contribution in [0.3, 0.4) is 0 Å². The summed E-state index contributed by atoms with van der Waals surface area (Å²) < 4.78 is 24.7. The van der Waals surface area contributed by atoms with Gasteiger partial charge in [0.2, 0.25) is 0 Å². The largest absolute Gasteiger partial charge is 0.323 e. The maximum absolute atomic E-state index is 12.4. The topological polar surface area (TPSA) is 56.6 Å². The molecule has 0 bridgehead atoms. The molecule has 1 heterocycles. The number of pyridine rings is 1. The fourth-order valence-corrected chi connectivity index (χ4v) is 1.19. The van der Waals surface area contributed by atoms with Crippen LogP contribution in [0.25, 0.3) is 0 Å². The van der Waals surface area contributed by atoms with Crippen molar-refractivity contribution in [1.82, 2.24) is 4.98 Å². The molecule has 0 unspecified atom stereocenters. The number of nitrogens with one attached hydrogen (secondary N) is 1. The predicted octanol–water partition coefficient (Wildman–Crippen LogP) is 1.92. The van der Waals surface area contributed by atoms with Crippen LogP contribution in [0, 0.1) is 11.3 Å². The van der Waals surface area contributed by atoms with Gasteiger partial charge >= 0.3 is 0 Å². The number of nitrogens with zero attached hydrogens (tertiary/aromatic N) is 1. The van der Waals surface area contributed by atoms with E-state index in [9.17, 15) is 13.6 Å². The van der Waals surface area contributed by atoms with Gasteiger partial charge in [0.1, 0.15) is 11.6 Å². The van der Waals surface area contributed by atoms with E-state index in [1.165, 1.54) is 6.07 Å². The lowest BCUT2D eigenvalue weighted by molar-refractivity contribution is 0.150. The Morgan fingerprint density at radius 2 is 2.29 bits per heavy atom. The Hall–Kier alpha value is -1.41. The molecule has 74 valence electrons. The van der Waals surface area contributed by atoms with Crippen molar-refractivity contribution in [1.29, 1.82) is 5.26 Å². The molecule has 0 aliphatic heterocycles. The van der Waals surface area contributed by atoms with Gasteiger partial charge in [0.25, 0.3) is 12.0 Å². The lowest BCUT2D eigenvalue weighted by atomic mass is 10.1. The Bertz CT molecular complexity index is 436. The van der Waals surface area contributed by atoms with E-state index in [0.29, 0.717) is 0 Å². The van der Waals surface area contributed by atoms with Gasteiger partial charge in [-0.2, -0.15) is 5.26 Å². The van der Waals surface area contributed by atoms with Crippen LogP contribution in [0.15, 0.2) is 10.9 Å². The lowest BCUT2D eigenvalue weighted by Crippen LogP contribution is -2.14. The second kappa shape index (κ2) is 4.20. The fraction of sp³-hybridized carbons (Fsp3) is 0.250. The number of hydrogen-bond donors (Lipinski definition) is 1. The minimum atomic E-state index is -2.76. The molecule has 0 aliphatic carbocycles. The van der Waals surface area contributed by atoms with Crippen LogP contribution in [-0.4, -0.2) is 4.98 Å². The van der Waals surface area contributed by atoms with Crippen LogP contribution in [0.2, 0.25) is 0 Å². The average Bonchev–Trinajstić information content (AvgIpc) is 2.16. The summed E-state index contributed by atoms with van der Waals surface area (Å²) in [5.41, 5.74) is -1.50. The zero-order chi connectivity index (χ0) is 10.7. The first-order valence-corrected chi connectivity index (χ1v) is 4.14. The number of aromatic amines is 1. The summed E-state index contributed by atoms with van der Waals surface area (Å²) in [6, 6.07) is 2.38. The molecule has 0 aromatic carbocycles. The van der Waals surface area contributed by atoms with Crippen molar-refractivity contribution in [2.45, 2.75) is 12.3 Å². The minimum Gasteiger partial charge on any atom is -0.323 e. The third-order valence-corrected chi connectivity index (χ3v) is 1.91. The van der Waals surface area contributed by atoms with E-state index in [1.54, 1.807) is 0 Å². The summed E-state index contributed by atoms with van der Waals surface area (Å²) in [6.45, 7) is 0. The van der Waals surface area contributed by atoms with E-state index in [0.717, 1.165) is 6.07 Å². The number of H-pyrrole nitrogens is 1. The van der Waals surface area contributed by atoms with E-state index >= 15 is 0 Å². The fourth-order valence-electron chi connectivity index (χ4n) is 0.973.